The zero-order chi connectivity index (χ0) is 13.5. The highest BCUT2D eigenvalue weighted by molar-refractivity contribution is 5.28. The minimum absolute atomic E-state index is 0.705. The summed E-state index contributed by atoms with van der Waals surface area (Å²) >= 11 is 0. The van der Waals surface area contributed by atoms with Gasteiger partial charge in [0.25, 0.3) is 0 Å². The van der Waals surface area contributed by atoms with Gasteiger partial charge in [-0.25, -0.2) is 0 Å². The number of nitrogens with zero attached hydrogens (tertiary/aromatic N) is 2. The quantitative estimate of drug-likeness (QED) is 0.794. The first-order valence-corrected chi connectivity index (χ1v) is 6.57. The van der Waals surface area contributed by atoms with Crippen LogP contribution in [0.15, 0.2) is 48.8 Å². The monoisotopic (exact) mass is 256 g/mol. The average molecular weight is 256 g/mol. The van der Waals surface area contributed by atoms with Gasteiger partial charge in [-0.15, -0.1) is 0 Å². The molecule has 3 heteroatoms. The minimum Gasteiger partial charge on any atom is -0.494 e. The Morgan fingerprint density at radius 3 is 2.53 bits per heavy atom. The summed E-state index contributed by atoms with van der Waals surface area (Å²) in [6.07, 6.45) is 3.66. The Hall–Kier alpha value is -1.87. The molecular weight excluding hydrogens is 236 g/mol. The SMILES string of the molecule is CCOc1cccc(CN(C)Cc2ccncc2)c1. The fourth-order valence-corrected chi connectivity index (χ4v) is 2.07. The van der Waals surface area contributed by atoms with Crippen LogP contribution in [-0.2, 0) is 13.1 Å². The van der Waals surface area contributed by atoms with Gasteiger partial charge < -0.3 is 4.74 Å². The van der Waals surface area contributed by atoms with Crippen LogP contribution in [0, 0.1) is 0 Å². The van der Waals surface area contributed by atoms with Crippen LogP contribution in [0.25, 0.3) is 0 Å². The second-order valence-corrected chi connectivity index (χ2v) is 4.61. The maximum absolute atomic E-state index is 5.52. The van der Waals surface area contributed by atoms with Crippen LogP contribution >= 0.6 is 0 Å². The zero-order valence-corrected chi connectivity index (χ0v) is 11.5. The third-order valence-electron chi connectivity index (χ3n) is 2.86. The summed E-state index contributed by atoms with van der Waals surface area (Å²) < 4.78 is 5.52. The third-order valence-corrected chi connectivity index (χ3v) is 2.86. The topological polar surface area (TPSA) is 25.4 Å². The number of hydrogen-bond acceptors (Lipinski definition) is 3. The molecular formula is C16H20N2O. The van der Waals surface area contributed by atoms with E-state index in [4.69, 9.17) is 4.74 Å². The molecule has 19 heavy (non-hydrogen) atoms. The molecule has 2 rings (SSSR count). The first-order chi connectivity index (χ1) is 9.28. The molecule has 2 aromatic rings. The Morgan fingerprint density at radius 1 is 1.05 bits per heavy atom. The van der Waals surface area contributed by atoms with E-state index in [9.17, 15) is 0 Å². The Balaban J connectivity index is 1.95. The highest BCUT2D eigenvalue weighted by atomic mass is 16.5. The molecule has 0 aliphatic carbocycles. The summed E-state index contributed by atoms with van der Waals surface area (Å²) in [5, 5.41) is 0. The van der Waals surface area contributed by atoms with Gasteiger partial charge in [-0.05, 0) is 49.4 Å². The van der Waals surface area contributed by atoms with Crippen molar-refractivity contribution < 1.29 is 4.74 Å². The molecule has 0 aliphatic heterocycles. The molecule has 0 spiro atoms. The van der Waals surface area contributed by atoms with E-state index in [1.165, 1.54) is 11.1 Å². The first-order valence-electron chi connectivity index (χ1n) is 6.57. The number of pyridine rings is 1. The van der Waals surface area contributed by atoms with Gasteiger partial charge in [-0.1, -0.05) is 12.1 Å². The predicted molar refractivity (Wildman–Crippen MR) is 77.0 cm³/mol. The standard InChI is InChI=1S/C16H20N2O/c1-3-19-16-6-4-5-15(11-16)13-18(2)12-14-7-9-17-10-8-14/h4-11H,3,12-13H2,1-2H3. The summed E-state index contributed by atoms with van der Waals surface area (Å²) in [6.45, 7) is 4.53. The largest absolute Gasteiger partial charge is 0.494 e. The van der Waals surface area contributed by atoms with Gasteiger partial charge >= 0.3 is 0 Å². The predicted octanol–water partition coefficient (Wildman–Crippen LogP) is 3.11. The normalized spacial score (nSPS) is 10.7. The molecule has 0 bridgehead atoms. The maximum Gasteiger partial charge on any atom is 0.119 e. The summed E-state index contributed by atoms with van der Waals surface area (Å²) in [7, 11) is 2.12. The van der Waals surface area contributed by atoms with E-state index < -0.39 is 0 Å². The van der Waals surface area contributed by atoms with Gasteiger partial charge in [0.05, 0.1) is 6.61 Å². The van der Waals surface area contributed by atoms with E-state index in [2.05, 4.69) is 29.1 Å². The van der Waals surface area contributed by atoms with Crippen LogP contribution in [0.3, 0.4) is 0 Å². The Kier molecular flexibility index (Phi) is 4.93. The third kappa shape index (κ3) is 4.38. The van der Waals surface area contributed by atoms with Crippen molar-refractivity contribution >= 4 is 0 Å². The van der Waals surface area contributed by atoms with Gasteiger partial charge in [0.2, 0.25) is 0 Å². The molecule has 1 aromatic carbocycles. The Labute approximate surface area is 114 Å². The zero-order valence-electron chi connectivity index (χ0n) is 11.5. The highest BCUT2D eigenvalue weighted by Crippen LogP contribution is 2.15. The van der Waals surface area contributed by atoms with E-state index >= 15 is 0 Å². The van der Waals surface area contributed by atoms with E-state index in [-0.39, 0.29) is 0 Å². The first kappa shape index (κ1) is 13.6. The number of rotatable bonds is 6. The Bertz CT molecular complexity index is 499. The van der Waals surface area contributed by atoms with E-state index in [0.717, 1.165) is 18.8 Å². The molecule has 100 valence electrons. The molecule has 0 radical (unpaired) electrons. The number of benzene rings is 1. The van der Waals surface area contributed by atoms with Crippen LogP contribution < -0.4 is 4.74 Å². The lowest BCUT2D eigenvalue weighted by Crippen LogP contribution is -2.17. The molecule has 0 N–H and O–H groups in total. The van der Waals surface area contributed by atoms with Crippen molar-refractivity contribution in [2.75, 3.05) is 13.7 Å². The van der Waals surface area contributed by atoms with E-state index in [0.29, 0.717) is 6.61 Å². The lowest BCUT2D eigenvalue weighted by Gasteiger charge is -2.17. The number of hydrogen-bond donors (Lipinski definition) is 0. The number of ether oxygens (including phenoxy) is 1. The fraction of sp³-hybridized carbons (Fsp3) is 0.312. The van der Waals surface area contributed by atoms with Crippen LogP contribution in [0.2, 0.25) is 0 Å². The lowest BCUT2D eigenvalue weighted by atomic mass is 10.2. The van der Waals surface area contributed by atoms with E-state index in [1.807, 2.05) is 43.6 Å². The molecule has 0 unspecified atom stereocenters. The molecule has 0 aliphatic rings. The van der Waals surface area contributed by atoms with Crippen molar-refractivity contribution in [3.05, 3.63) is 59.9 Å². The smallest absolute Gasteiger partial charge is 0.119 e. The molecule has 1 heterocycles. The summed E-state index contributed by atoms with van der Waals surface area (Å²) in [5.74, 6) is 0.942. The summed E-state index contributed by atoms with van der Waals surface area (Å²) in [4.78, 5) is 6.31. The Morgan fingerprint density at radius 2 is 1.79 bits per heavy atom. The highest BCUT2D eigenvalue weighted by Gasteiger charge is 2.03. The van der Waals surface area contributed by atoms with Gasteiger partial charge in [0.1, 0.15) is 5.75 Å². The lowest BCUT2D eigenvalue weighted by molar-refractivity contribution is 0.315. The molecule has 0 saturated carbocycles. The van der Waals surface area contributed by atoms with Crippen LogP contribution in [-0.4, -0.2) is 23.5 Å². The van der Waals surface area contributed by atoms with Crippen molar-refractivity contribution in [2.45, 2.75) is 20.0 Å². The fourth-order valence-electron chi connectivity index (χ4n) is 2.07. The molecule has 0 amide bonds. The van der Waals surface area contributed by atoms with Crippen molar-refractivity contribution in [2.24, 2.45) is 0 Å². The van der Waals surface area contributed by atoms with Crippen molar-refractivity contribution in [3.8, 4) is 5.75 Å². The molecule has 0 atom stereocenters. The molecule has 3 nitrogen and oxygen atoms in total. The van der Waals surface area contributed by atoms with Crippen molar-refractivity contribution in [1.29, 1.82) is 0 Å². The van der Waals surface area contributed by atoms with Crippen LogP contribution in [0.5, 0.6) is 5.75 Å². The minimum atomic E-state index is 0.705. The second-order valence-electron chi connectivity index (χ2n) is 4.61. The van der Waals surface area contributed by atoms with Crippen molar-refractivity contribution in [1.82, 2.24) is 9.88 Å². The molecule has 0 fully saturated rings. The van der Waals surface area contributed by atoms with Gasteiger partial charge in [0, 0.05) is 25.5 Å². The molecule has 1 aromatic heterocycles. The van der Waals surface area contributed by atoms with Crippen LogP contribution in [0.4, 0.5) is 0 Å². The van der Waals surface area contributed by atoms with Gasteiger partial charge in [0.15, 0.2) is 0 Å². The maximum atomic E-state index is 5.52. The van der Waals surface area contributed by atoms with Gasteiger partial charge in [-0.2, -0.15) is 0 Å². The summed E-state index contributed by atoms with van der Waals surface area (Å²) in [5.41, 5.74) is 2.54. The van der Waals surface area contributed by atoms with Crippen LogP contribution in [0.1, 0.15) is 18.1 Å². The van der Waals surface area contributed by atoms with E-state index in [1.54, 1.807) is 0 Å². The van der Waals surface area contributed by atoms with Crippen molar-refractivity contribution in [3.63, 3.8) is 0 Å². The molecule has 0 saturated heterocycles. The summed E-state index contributed by atoms with van der Waals surface area (Å²) in [6, 6.07) is 12.4. The number of aromatic nitrogens is 1. The average Bonchev–Trinajstić information content (AvgIpc) is 2.40. The second kappa shape index (κ2) is 6.90. The van der Waals surface area contributed by atoms with Gasteiger partial charge in [-0.3, -0.25) is 9.88 Å².